The number of fused-ring (bicyclic) bond motifs is 1. The Morgan fingerprint density at radius 3 is 2.23 bits per heavy atom. The molecule has 110 valence electrons. The van der Waals surface area contributed by atoms with Gasteiger partial charge in [-0.05, 0) is 23.3 Å². The number of hydrogen-bond donors (Lipinski definition) is 0. The highest BCUT2D eigenvalue weighted by Gasteiger charge is 2.37. The van der Waals surface area contributed by atoms with Crippen molar-refractivity contribution >= 4 is 11.8 Å². The van der Waals surface area contributed by atoms with E-state index in [-0.39, 0.29) is 16.7 Å². The van der Waals surface area contributed by atoms with Gasteiger partial charge in [0.1, 0.15) is 11.5 Å². The van der Waals surface area contributed by atoms with Crippen LogP contribution in [0.4, 0.5) is 0 Å². The minimum atomic E-state index is 0.0148. The van der Waals surface area contributed by atoms with Crippen molar-refractivity contribution in [1.82, 2.24) is 5.06 Å². The molecule has 2 aromatic rings. The lowest BCUT2D eigenvalue weighted by Crippen LogP contribution is -2.37. The zero-order valence-corrected chi connectivity index (χ0v) is 12.9. The van der Waals surface area contributed by atoms with Crippen molar-refractivity contribution in [1.29, 1.82) is 0 Å². The highest BCUT2D eigenvalue weighted by atomic mass is 32.2. The number of nitrogens with zero attached hydrogens (tertiary/aromatic N) is 1. The first kappa shape index (κ1) is 13.7. The van der Waals surface area contributed by atoms with Gasteiger partial charge in [-0.3, -0.25) is 4.84 Å². The van der Waals surface area contributed by atoms with Crippen molar-refractivity contribution in [2.45, 2.75) is 16.7 Å². The summed E-state index contributed by atoms with van der Waals surface area (Å²) >= 11 is 1.93. The lowest BCUT2D eigenvalue weighted by molar-refractivity contribution is -0.177. The molecule has 2 nitrogen and oxygen atoms in total. The van der Waals surface area contributed by atoms with E-state index in [9.17, 15) is 0 Å². The quantitative estimate of drug-likeness (QED) is 0.786. The van der Waals surface area contributed by atoms with Crippen LogP contribution in [-0.4, -0.2) is 10.4 Å². The van der Waals surface area contributed by atoms with Crippen LogP contribution in [0.25, 0.3) is 0 Å². The summed E-state index contributed by atoms with van der Waals surface area (Å²) in [5.41, 5.74) is 2.52. The highest BCUT2D eigenvalue weighted by molar-refractivity contribution is 8.00. The van der Waals surface area contributed by atoms with Gasteiger partial charge in [-0.1, -0.05) is 66.7 Å². The molecule has 0 radical (unpaired) electrons. The minimum absolute atomic E-state index is 0.0148. The maximum absolute atomic E-state index is 6.32. The maximum Gasteiger partial charge on any atom is 0.127 e. The molecule has 22 heavy (non-hydrogen) atoms. The molecule has 3 heteroatoms. The second-order valence-corrected chi connectivity index (χ2v) is 6.64. The fourth-order valence-electron chi connectivity index (χ4n) is 2.85. The van der Waals surface area contributed by atoms with E-state index in [0.29, 0.717) is 0 Å². The summed E-state index contributed by atoms with van der Waals surface area (Å²) in [6.45, 7) is 0. The first-order valence-electron chi connectivity index (χ1n) is 7.47. The predicted octanol–water partition coefficient (Wildman–Crippen LogP) is 4.86. The van der Waals surface area contributed by atoms with E-state index in [2.05, 4.69) is 66.7 Å². The highest BCUT2D eigenvalue weighted by Crippen LogP contribution is 2.50. The Morgan fingerprint density at radius 1 is 0.818 bits per heavy atom. The van der Waals surface area contributed by atoms with Crippen LogP contribution < -0.4 is 0 Å². The number of benzene rings is 2. The van der Waals surface area contributed by atoms with Gasteiger partial charge in [0.05, 0.1) is 5.25 Å². The maximum atomic E-state index is 6.32. The topological polar surface area (TPSA) is 12.5 Å². The molecule has 0 N–H and O–H groups in total. The SMILES string of the molecule is C1=C[C@H]2S[C@H](c3ccccc3)[C@H](c3ccccc3)ON2C=C1. The lowest BCUT2D eigenvalue weighted by Gasteiger charge is -2.42. The molecule has 0 aliphatic carbocycles. The zero-order chi connectivity index (χ0) is 14.8. The van der Waals surface area contributed by atoms with Crippen LogP contribution in [0.3, 0.4) is 0 Å². The van der Waals surface area contributed by atoms with Crippen LogP contribution >= 0.6 is 11.8 Å². The van der Waals surface area contributed by atoms with Crippen LogP contribution in [0.5, 0.6) is 0 Å². The molecule has 0 spiro atoms. The molecule has 3 atom stereocenters. The summed E-state index contributed by atoms with van der Waals surface area (Å²) in [6, 6.07) is 21.1. The molecule has 0 bridgehead atoms. The Hall–Kier alpha value is -1.97. The normalized spacial score (nSPS) is 26.7. The average molecular weight is 307 g/mol. The van der Waals surface area contributed by atoms with Gasteiger partial charge in [-0.25, -0.2) is 5.06 Å². The van der Waals surface area contributed by atoms with Gasteiger partial charge in [-0.15, -0.1) is 11.8 Å². The Balaban J connectivity index is 1.72. The number of allylic oxidation sites excluding steroid dienone is 2. The molecule has 0 saturated carbocycles. The Kier molecular flexibility index (Phi) is 3.75. The van der Waals surface area contributed by atoms with Crippen LogP contribution in [0.1, 0.15) is 22.5 Å². The number of hydroxylamine groups is 2. The van der Waals surface area contributed by atoms with Crippen molar-refractivity contribution in [2.24, 2.45) is 0 Å². The third-order valence-electron chi connectivity index (χ3n) is 3.92. The Bertz CT molecular complexity index is 622. The molecule has 4 rings (SSSR count). The largest absolute Gasteiger partial charge is 0.263 e. The van der Waals surface area contributed by atoms with Crippen LogP contribution in [0.2, 0.25) is 0 Å². The average Bonchev–Trinajstić information content (AvgIpc) is 2.62. The molecule has 2 aliphatic rings. The van der Waals surface area contributed by atoms with Crippen LogP contribution in [0, 0.1) is 0 Å². The predicted molar refractivity (Wildman–Crippen MR) is 90.9 cm³/mol. The molecule has 0 amide bonds. The van der Waals surface area contributed by atoms with Gasteiger partial charge < -0.3 is 0 Å². The lowest BCUT2D eigenvalue weighted by atomic mass is 10.0. The van der Waals surface area contributed by atoms with Crippen molar-refractivity contribution in [3.05, 3.63) is 96.2 Å². The number of rotatable bonds is 2. The molecule has 1 fully saturated rings. The summed E-state index contributed by atoms with van der Waals surface area (Å²) in [5.74, 6) is 0. The molecular weight excluding hydrogens is 290 g/mol. The van der Waals surface area contributed by atoms with Crippen LogP contribution in [0.15, 0.2) is 85.1 Å². The van der Waals surface area contributed by atoms with E-state index in [0.717, 1.165) is 0 Å². The van der Waals surface area contributed by atoms with Crippen LogP contribution in [-0.2, 0) is 4.84 Å². The Labute approximate surface area is 135 Å². The molecule has 2 aromatic carbocycles. The van der Waals surface area contributed by atoms with Crippen molar-refractivity contribution in [3.8, 4) is 0 Å². The monoisotopic (exact) mass is 307 g/mol. The summed E-state index contributed by atoms with van der Waals surface area (Å²) in [4.78, 5) is 6.32. The smallest absolute Gasteiger partial charge is 0.127 e. The number of thioether (sulfide) groups is 1. The molecular formula is C19H17NOS. The van der Waals surface area contributed by atoms with E-state index in [4.69, 9.17) is 4.84 Å². The Morgan fingerprint density at radius 2 is 1.50 bits per heavy atom. The van der Waals surface area contributed by atoms with Gasteiger partial charge in [0, 0.05) is 6.20 Å². The first-order chi connectivity index (χ1) is 10.9. The van der Waals surface area contributed by atoms with Gasteiger partial charge in [0.2, 0.25) is 0 Å². The third-order valence-corrected chi connectivity index (χ3v) is 5.38. The summed E-state index contributed by atoms with van der Waals surface area (Å²) in [5, 5.41) is 2.47. The molecule has 0 aromatic heterocycles. The van der Waals surface area contributed by atoms with E-state index in [1.165, 1.54) is 11.1 Å². The molecule has 1 saturated heterocycles. The van der Waals surface area contributed by atoms with E-state index in [1.807, 2.05) is 35.2 Å². The van der Waals surface area contributed by atoms with Crippen molar-refractivity contribution in [3.63, 3.8) is 0 Å². The van der Waals surface area contributed by atoms with Gasteiger partial charge in [-0.2, -0.15) is 0 Å². The zero-order valence-electron chi connectivity index (χ0n) is 12.1. The molecule has 2 heterocycles. The van der Waals surface area contributed by atoms with Crippen molar-refractivity contribution in [2.75, 3.05) is 0 Å². The van der Waals surface area contributed by atoms with E-state index < -0.39 is 0 Å². The third kappa shape index (κ3) is 2.58. The van der Waals surface area contributed by atoms with Gasteiger partial charge in [0.25, 0.3) is 0 Å². The second kappa shape index (κ2) is 6.03. The van der Waals surface area contributed by atoms with Crippen molar-refractivity contribution < 1.29 is 4.84 Å². The summed E-state index contributed by atoms with van der Waals surface area (Å²) < 4.78 is 0. The fourth-order valence-corrected chi connectivity index (χ4v) is 4.23. The number of hydrogen-bond acceptors (Lipinski definition) is 3. The molecule has 2 aliphatic heterocycles. The molecule has 0 unspecified atom stereocenters. The summed E-state index contributed by atoms with van der Waals surface area (Å²) in [7, 11) is 0. The second-order valence-electron chi connectivity index (χ2n) is 5.38. The summed E-state index contributed by atoms with van der Waals surface area (Å²) in [6.07, 6.45) is 8.31. The first-order valence-corrected chi connectivity index (χ1v) is 8.41. The van der Waals surface area contributed by atoms with E-state index in [1.54, 1.807) is 0 Å². The fraction of sp³-hybridized carbons (Fsp3) is 0.158. The van der Waals surface area contributed by atoms with E-state index >= 15 is 0 Å². The van der Waals surface area contributed by atoms with Gasteiger partial charge >= 0.3 is 0 Å². The standard InChI is InChI=1S/C19H17NOS/c1-3-9-15(10-4-1)18-19(16-11-5-2-6-12-16)22-17-13-7-8-14-20(17)21-18/h1-14,17-19H/t17-,18+,19-/m1/s1. The minimum Gasteiger partial charge on any atom is -0.263 e. The van der Waals surface area contributed by atoms with Gasteiger partial charge in [0.15, 0.2) is 0 Å².